The Balaban J connectivity index is 1.65. The minimum Gasteiger partial charge on any atom is -0.497 e. The minimum atomic E-state index is -4.43. The summed E-state index contributed by atoms with van der Waals surface area (Å²) < 4.78 is 46.8. The quantitative estimate of drug-likeness (QED) is 0.221. The number of halogens is 3. The second kappa shape index (κ2) is 11.9. The summed E-state index contributed by atoms with van der Waals surface area (Å²) in [6, 6.07) is 14.7. The van der Waals surface area contributed by atoms with Crippen molar-refractivity contribution >= 4 is 28.1 Å². The molecule has 0 unspecified atom stereocenters. The van der Waals surface area contributed by atoms with Crippen LogP contribution in [0.1, 0.15) is 41.0 Å². The molecule has 1 N–H and O–H groups in total. The molecular formula is C29H31F3N4O2S. The Kier molecular flexibility index (Phi) is 8.64. The van der Waals surface area contributed by atoms with Gasteiger partial charge in [-0.2, -0.15) is 13.2 Å². The van der Waals surface area contributed by atoms with Gasteiger partial charge in [0.1, 0.15) is 5.75 Å². The van der Waals surface area contributed by atoms with Crippen molar-refractivity contribution < 1.29 is 22.7 Å². The number of methoxy groups -OCH3 is 1. The van der Waals surface area contributed by atoms with Gasteiger partial charge in [0.25, 0.3) is 5.91 Å². The second-order valence-corrected chi connectivity index (χ2v) is 9.86. The second-order valence-electron chi connectivity index (χ2n) is 9.00. The van der Waals surface area contributed by atoms with Crippen molar-refractivity contribution in [3.8, 4) is 17.1 Å². The summed E-state index contributed by atoms with van der Waals surface area (Å²) in [5.74, 6) is 0.742. The highest BCUT2D eigenvalue weighted by Crippen LogP contribution is 2.34. The van der Waals surface area contributed by atoms with Gasteiger partial charge in [-0.25, -0.2) is 4.98 Å². The first-order valence-corrected chi connectivity index (χ1v) is 13.5. The van der Waals surface area contributed by atoms with Crippen LogP contribution in [0, 0.1) is 6.92 Å². The number of thiazole rings is 1. The molecule has 39 heavy (non-hydrogen) atoms. The summed E-state index contributed by atoms with van der Waals surface area (Å²) in [6.07, 6.45) is -3.70. The maximum absolute atomic E-state index is 13.3. The highest BCUT2D eigenvalue weighted by molar-refractivity contribution is 7.14. The molecule has 206 valence electrons. The lowest BCUT2D eigenvalue weighted by molar-refractivity contribution is -0.137. The summed E-state index contributed by atoms with van der Waals surface area (Å²) in [6.45, 7) is 7.65. The topological polar surface area (TPSA) is 59.4 Å². The SMILES string of the molecule is CCN(CC)C(=O)c1cc(-c2csc(Nc3cccc(C(F)(F)F)c3)n2)n(CCc2ccc(OC)cc2)c1C. The van der Waals surface area contributed by atoms with Gasteiger partial charge in [0.2, 0.25) is 0 Å². The van der Waals surface area contributed by atoms with E-state index in [1.807, 2.05) is 56.5 Å². The molecule has 0 saturated carbocycles. The summed E-state index contributed by atoms with van der Waals surface area (Å²) in [5.41, 5.74) is 3.58. The van der Waals surface area contributed by atoms with E-state index in [0.717, 1.165) is 41.3 Å². The number of anilines is 2. The number of nitrogens with zero attached hydrogens (tertiary/aromatic N) is 3. The molecule has 6 nitrogen and oxygen atoms in total. The summed E-state index contributed by atoms with van der Waals surface area (Å²) in [4.78, 5) is 19.8. The molecule has 0 aliphatic heterocycles. The molecule has 2 heterocycles. The van der Waals surface area contributed by atoms with E-state index in [0.29, 0.717) is 41.7 Å². The molecule has 0 bridgehead atoms. The molecular weight excluding hydrogens is 525 g/mol. The molecule has 0 saturated heterocycles. The molecule has 0 fully saturated rings. The number of aromatic nitrogens is 2. The Morgan fingerprint density at radius 3 is 2.46 bits per heavy atom. The third kappa shape index (κ3) is 6.44. The van der Waals surface area contributed by atoms with Crippen LogP contribution in [-0.2, 0) is 19.1 Å². The molecule has 4 rings (SSSR count). The van der Waals surface area contributed by atoms with Gasteiger partial charge in [0.05, 0.1) is 29.6 Å². The highest BCUT2D eigenvalue weighted by Gasteiger charge is 2.30. The van der Waals surface area contributed by atoms with Crippen molar-refractivity contribution in [1.29, 1.82) is 0 Å². The van der Waals surface area contributed by atoms with Gasteiger partial charge in [-0.3, -0.25) is 4.79 Å². The van der Waals surface area contributed by atoms with Gasteiger partial charge in [0.15, 0.2) is 5.13 Å². The third-order valence-corrected chi connectivity index (χ3v) is 7.40. The number of carbonyl (C=O) groups excluding carboxylic acids is 1. The Bertz CT molecular complexity index is 1420. The maximum atomic E-state index is 13.3. The fourth-order valence-corrected chi connectivity index (χ4v) is 5.15. The van der Waals surface area contributed by atoms with E-state index in [4.69, 9.17) is 4.74 Å². The Labute approximate surface area is 230 Å². The zero-order valence-electron chi connectivity index (χ0n) is 22.3. The largest absolute Gasteiger partial charge is 0.497 e. The number of amides is 1. The van der Waals surface area contributed by atoms with Gasteiger partial charge < -0.3 is 19.5 Å². The number of nitrogens with one attached hydrogen (secondary N) is 1. The Morgan fingerprint density at radius 1 is 1.10 bits per heavy atom. The molecule has 0 aliphatic carbocycles. The van der Waals surface area contributed by atoms with Crippen molar-refractivity contribution in [3.05, 3.63) is 82.4 Å². The predicted molar refractivity (Wildman–Crippen MR) is 149 cm³/mol. The van der Waals surface area contributed by atoms with Crippen LogP contribution in [0.4, 0.5) is 24.0 Å². The van der Waals surface area contributed by atoms with E-state index in [9.17, 15) is 18.0 Å². The minimum absolute atomic E-state index is 0.0421. The van der Waals surface area contributed by atoms with Crippen molar-refractivity contribution in [2.45, 2.75) is 39.9 Å². The average molecular weight is 557 g/mol. The van der Waals surface area contributed by atoms with Gasteiger partial charge in [-0.1, -0.05) is 18.2 Å². The number of hydrogen-bond acceptors (Lipinski definition) is 5. The molecule has 10 heteroatoms. The lowest BCUT2D eigenvalue weighted by atomic mass is 10.1. The molecule has 2 aromatic carbocycles. The van der Waals surface area contributed by atoms with Gasteiger partial charge in [-0.05, 0) is 69.2 Å². The summed E-state index contributed by atoms with van der Waals surface area (Å²) in [5, 5.41) is 5.29. The van der Waals surface area contributed by atoms with E-state index in [1.165, 1.54) is 17.4 Å². The van der Waals surface area contributed by atoms with E-state index >= 15 is 0 Å². The molecule has 0 spiro atoms. The monoisotopic (exact) mass is 556 g/mol. The fraction of sp³-hybridized carbons (Fsp3) is 0.310. The van der Waals surface area contributed by atoms with Crippen LogP contribution in [0.2, 0.25) is 0 Å². The zero-order valence-corrected chi connectivity index (χ0v) is 23.1. The standard InChI is InChI=1S/C29H31F3N4O2S/c1-5-35(6-2)27(37)24-17-26(36(19(24)3)15-14-20-10-12-23(38-4)13-11-20)25-18-39-28(34-25)33-22-9-7-8-21(16-22)29(30,31)32/h7-13,16-18H,5-6,14-15H2,1-4H3,(H,33,34). The van der Waals surface area contributed by atoms with Crippen molar-refractivity contribution in [2.24, 2.45) is 0 Å². The number of rotatable bonds is 10. The van der Waals surface area contributed by atoms with Crippen molar-refractivity contribution in [1.82, 2.24) is 14.5 Å². The molecule has 2 aromatic heterocycles. The lowest BCUT2D eigenvalue weighted by Crippen LogP contribution is -2.30. The van der Waals surface area contributed by atoms with Crippen LogP contribution >= 0.6 is 11.3 Å². The van der Waals surface area contributed by atoms with Gasteiger partial charge >= 0.3 is 6.18 Å². The first-order valence-electron chi connectivity index (χ1n) is 12.7. The van der Waals surface area contributed by atoms with Crippen LogP contribution < -0.4 is 10.1 Å². The first-order chi connectivity index (χ1) is 18.6. The molecule has 0 aliphatic rings. The Morgan fingerprint density at radius 2 is 1.82 bits per heavy atom. The molecule has 0 radical (unpaired) electrons. The maximum Gasteiger partial charge on any atom is 0.416 e. The number of carbonyl (C=O) groups is 1. The number of alkyl halides is 3. The van der Waals surface area contributed by atoms with E-state index < -0.39 is 11.7 Å². The summed E-state index contributed by atoms with van der Waals surface area (Å²) in [7, 11) is 1.63. The van der Waals surface area contributed by atoms with E-state index in [-0.39, 0.29) is 5.91 Å². The summed E-state index contributed by atoms with van der Waals surface area (Å²) >= 11 is 1.29. The average Bonchev–Trinajstić information content (AvgIpc) is 3.52. The number of hydrogen-bond donors (Lipinski definition) is 1. The van der Waals surface area contributed by atoms with Crippen LogP contribution in [0.5, 0.6) is 5.75 Å². The van der Waals surface area contributed by atoms with Crippen LogP contribution in [0.25, 0.3) is 11.4 Å². The normalized spacial score (nSPS) is 11.5. The smallest absolute Gasteiger partial charge is 0.416 e. The molecule has 1 amide bonds. The van der Waals surface area contributed by atoms with Crippen LogP contribution in [-0.4, -0.2) is 40.6 Å². The fourth-order valence-electron chi connectivity index (χ4n) is 4.42. The first kappa shape index (κ1) is 28.2. The zero-order chi connectivity index (χ0) is 28.2. The third-order valence-electron chi connectivity index (χ3n) is 6.64. The van der Waals surface area contributed by atoms with Crippen molar-refractivity contribution in [3.63, 3.8) is 0 Å². The van der Waals surface area contributed by atoms with Crippen LogP contribution in [0.3, 0.4) is 0 Å². The number of benzene rings is 2. The lowest BCUT2D eigenvalue weighted by Gasteiger charge is -2.18. The number of aryl methyl sites for hydroxylation is 1. The molecule has 4 aromatic rings. The van der Waals surface area contributed by atoms with Crippen LogP contribution in [0.15, 0.2) is 60.0 Å². The predicted octanol–water partition coefficient (Wildman–Crippen LogP) is 7.42. The van der Waals surface area contributed by atoms with E-state index in [1.54, 1.807) is 18.1 Å². The number of ether oxygens (including phenoxy) is 1. The van der Waals surface area contributed by atoms with E-state index in [2.05, 4.69) is 14.9 Å². The highest BCUT2D eigenvalue weighted by atomic mass is 32.1. The van der Waals surface area contributed by atoms with Crippen molar-refractivity contribution in [2.75, 3.05) is 25.5 Å². The molecule has 0 atom stereocenters. The van der Waals surface area contributed by atoms with Gasteiger partial charge in [-0.15, -0.1) is 11.3 Å². The van der Waals surface area contributed by atoms with Gasteiger partial charge in [0, 0.05) is 36.4 Å². The Hall–Kier alpha value is -3.79.